The van der Waals surface area contributed by atoms with Gasteiger partial charge in [0.2, 0.25) is 0 Å². The first-order chi connectivity index (χ1) is 8.66. The molecule has 0 heterocycles. The fraction of sp³-hybridized carbons (Fsp3) is 0.500. The third kappa shape index (κ3) is 3.74. The maximum atomic E-state index is 11.1. The lowest BCUT2D eigenvalue weighted by molar-refractivity contribution is -0.139. The number of para-hydroxylation sites is 1. The van der Waals surface area contributed by atoms with Crippen LogP contribution >= 0.6 is 0 Å². The molecule has 1 atom stereocenters. The van der Waals surface area contributed by atoms with E-state index in [2.05, 4.69) is 5.32 Å². The van der Waals surface area contributed by atoms with E-state index in [9.17, 15) is 4.79 Å². The molecule has 1 aromatic rings. The Balaban J connectivity index is 1.79. The molecule has 2 N–H and O–H groups in total. The van der Waals surface area contributed by atoms with E-state index >= 15 is 0 Å². The van der Waals surface area contributed by atoms with Crippen molar-refractivity contribution in [3.8, 4) is 5.75 Å². The Labute approximate surface area is 107 Å². The van der Waals surface area contributed by atoms with Crippen LogP contribution in [-0.4, -0.2) is 29.8 Å². The molecule has 0 radical (unpaired) electrons. The number of carboxylic acids is 1. The lowest BCUT2D eigenvalue weighted by atomic mass is 10.2. The number of hydrogen-bond acceptors (Lipinski definition) is 3. The minimum Gasteiger partial charge on any atom is -0.493 e. The van der Waals surface area contributed by atoms with Crippen LogP contribution in [-0.2, 0) is 4.79 Å². The molecule has 1 unspecified atom stereocenters. The molecule has 0 spiro atoms. The first-order valence-corrected chi connectivity index (χ1v) is 6.34. The highest BCUT2D eigenvalue weighted by Crippen LogP contribution is 2.20. The van der Waals surface area contributed by atoms with Crippen molar-refractivity contribution in [2.24, 2.45) is 0 Å². The topological polar surface area (TPSA) is 58.6 Å². The van der Waals surface area contributed by atoms with Crippen molar-refractivity contribution in [3.05, 3.63) is 29.8 Å². The number of aryl methyl sites for hydroxylation is 1. The Kier molecular flexibility index (Phi) is 4.20. The fourth-order valence-corrected chi connectivity index (χ4v) is 1.82. The molecule has 2 rings (SSSR count). The van der Waals surface area contributed by atoms with Crippen LogP contribution in [0.4, 0.5) is 0 Å². The van der Waals surface area contributed by atoms with E-state index in [-0.39, 0.29) is 0 Å². The predicted octanol–water partition coefficient (Wildman–Crippen LogP) is 1.97. The number of ether oxygens (including phenoxy) is 1. The van der Waals surface area contributed by atoms with E-state index < -0.39 is 12.0 Å². The maximum Gasteiger partial charge on any atom is 0.320 e. The van der Waals surface area contributed by atoms with Crippen LogP contribution in [0.15, 0.2) is 24.3 Å². The van der Waals surface area contributed by atoms with Gasteiger partial charge in [-0.1, -0.05) is 18.2 Å². The Bertz CT molecular complexity index is 415. The zero-order valence-corrected chi connectivity index (χ0v) is 10.6. The monoisotopic (exact) mass is 249 g/mol. The zero-order valence-electron chi connectivity index (χ0n) is 10.6. The van der Waals surface area contributed by atoms with Gasteiger partial charge in [-0.05, 0) is 31.4 Å². The average molecular weight is 249 g/mol. The van der Waals surface area contributed by atoms with Crippen LogP contribution in [0.3, 0.4) is 0 Å². The van der Waals surface area contributed by atoms with Crippen LogP contribution in [0.25, 0.3) is 0 Å². The molecule has 4 nitrogen and oxygen atoms in total. The maximum absolute atomic E-state index is 11.1. The van der Waals surface area contributed by atoms with Gasteiger partial charge in [-0.15, -0.1) is 0 Å². The predicted molar refractivity (Wildman–Crippen MR) is 68.9 cm³/mol. The Morgan fingerprint density at radius 3 is 2.83 bits per heavy atom. The molecule has 1 aliphatic carbocycles. The number of carbonyl (C=O) groups is 1. The van der Waals surface area contributed by atoms with E-state index in [0.29, 0.717) is 19.1 Å². The molecule has 0 saturated heterocycles. The quantitative estimate of drug-likeness (QED) is 0.775. The summed E-state index contributed by atoms with van der Waals surface area (Å²) in [5.41, 5.74) is 1.07. The molecule has 18 heavy (non-hydrogen) atoms. The van der Waals surface area contributed by atoms with Crippen LogP contribution in [0.2, 0.25) is 0 Å². The van der Waals surface area contributed by atoms with E-state index in [1.807, 2.05) is 31.2 Å². The summed E-state index contributed by atoms with van der Waals surface area (Å²) in [5, 5.41) is 12.2. The second-order valence-electron chi connectivity index (χ2n) is 4.73. The highest BCUT2D eigenvalue weighted by atomic mass is 16.5. The van der Waals surface area contributed by atoms with E-state index in [1.165, 1.54) is 0 Å². The third-order valence-corrected chi connectivity index (χ3v) is 3.07. The summed E-state index contributed by atoms with van der Waals surface area (Å²) in [6.07, 6.45) is 2.66. The summed E-state index contributed by atoms with van der Waals surface area (Å²) in [5.74, 6) is 0.0309. The molecule has 0 amide bonds. The van der Waals surface area contributed by atoms with Crippen LogP contribution in [0, 0.1) is 6.92 Å². The molecule has 0 aromatic heterocycles. The largest absolute Gasteiger partial charge is 0.493 e. The first-order valence-electron chi connectivity index (χ1n) is 6.34. The van der Waals surface area contributed by atoms with Gasteiger partial charge in [0, 0.05) is 12.5 Å². The standard InChI is InChI=1S/C14H19NO3/c1-10-4-2-3-5-13(10)18-9-8-12(14(16)17)15-11-6-7-11/h2-5,11-12,15H,6-9H2,1H3,(H,16,17). The molecule has 1 fully saturated rings. The minimum atomic E-state index is -0.796. The van der Waals surface area contributed by atoms with Gasteiger partial charge >= 0.3 is 5.97 Å². The number of rotatable bonds is 7. The zero-order chi connectivity index (χ0) is 13.0. The highest BCUT2D eigenvalue weighted by Gasteiger charge is 2.27. The lowest BCUT2D eigenvalue weighted by Crippen LogP contribution is -2.39. The van der Waals surface area contributed by atoms with Crippen LogP contribution in [0.5, 0.6) is 5.75 Å². The molecule has 0 bridgehead atoms. The van der Waals surface area contributed by atoms with Gasteiger partial charge in [0.05, 0.1) is 6.61 Å². The Morgan fingerprint density at radius 2 is 2.22 bits per heavy atom. The van der Waals surface area contributed by atoms with Gasteiger partial charge in [-0.2, -0.15) is 0 Å². The summed E-state index contributed by atoms with van der Waals surface area (Å²) in [6.45, 7) is 2.40. The summed E-state index contributed by atoms with van der Waals surface area (Å²) in [6, 6.07) is 7.65. The van der Waals surface area contributed by atoms with E-state index in [1.54, 1.807) is 0 Å². The number of hydrogen-bond donors (Lipinski definition) is 2. The number of nitrogens with one attached hydrogen (secondary N) is 1. The molecular formula is C14H19NO3. The van der Waals surface area contributed by atoms with Crippen molar-refractivity contribution in [2.75, 3.05) is 6.61 Å². The number of aliphatic carboxylic acids is 1. The van der Waals surface area contributed by atoms with Gasteiger partial charge in [0.25, 0.3) is 0 Å². The highest BCUT2D eigenvalue weighted by molar-refractivity contribution is 5.73. The minimum absolute atomic E-state index is 0.393. The van der Waals surface area contributed by atoms with E-state index in [4.69, 9.17) is 9.84 Å². The van der Waals surface area contributed by atoms with Crippen molar-refractivity contribution in [2.45, 2.75) is 38.3 Å². The van der Waals surface area contributed by atoms with Crippen molar-refractivity contribution in [1.82, 2.24) is 5.32 Å². The smallest absolute Gasteiger partial charge is 0.320 e. The molecule has 98 valence electrons. The first kappa shape index (κ1) is 12.9. The lowest BCUT2D eigenvalue weighted by Gasteiger charge is -2.15. The number of carboxylic acid groups (broad SMARTS) is 1. The molecule has 1 aliphatic rings. The normalized spacial score (nSPS) is 16.3. The van der Waals surface area contributed by atoms with Crippen molar-refractivity contribution < 1.29 is 14.6 Å². The van der Waals surface area contributed by atoms with Gasteiger partial charge in [-0.25, -0.2) is 0 Å². The second kappa shape index (κ2) is 5.87. The van der Waals surface area contributed by atoms with Gasteiger partial charge < -0.3 is 15.2 Å². The number of benzene rings is 1. The third-order valence-electron chi connectivity index (χ3n) is 3.07. The van der Waals surface area contributed by atoms with Gasteiger partial charge in [-0.3, -0.25) is 4.79 Å². The molecule has 1 saturated carbocycles. The Morgan fingerprint density at radius 1 is 1.50 bits per heavy atom. The summed E-state index contributed by atoms with van der Waals surface area (Å²) in [7, 11) is 0. The van der Waals surface area contributed by atoms with Gasteiger partial charge in [0.15, 0.2) is 0 Å². The van der Waals surface area contributed by atoms with E-state index in [0.717, 1.165) is 24.2 Å². The van der Waals surface area contributed by atoms with Crippen LogP contribution < -0.4 is 10.1 Å². The summed E-state index contributed by atoms with van der Waals surface area (Å²) in [4.78, 5) is 11.1. The fourth-order valence-electron chi connectivity index (χ4n) is 1.82. The average Bonchev–Trinajstić information content (AvgIpc) is 3.14. The van der Waals surface area contributed by atoms with Crippen molar-refractivity contribution in [1.29, 1.82) is 0 Å². The summed E-state index contributed by atoms with van der Waals surface area (Å²) >= 11 is 0. The van der Waals surface area contributed by atoms with Gasteiger partial charge in [0.1, 0.15) is 11.8 Å². The van der Waals surface area contributed by atoms with Crippen molar-refractivity contribution >= 4 is 5.97 Å². The van der Waals surface area contributed by atoms with Crippen molar-refractivity contribution in [3.63, 3.8) is 0 Å². The second-order valence-corrected chi connectivity index (χ2v) is 4.73. The van der Waals surface area contributed by atoms with Crippen LogP contribution in [0.1, 0.15) is 24.8 Å². The SMILES string of the molecule is Cc1ccccc1OCCC(NC1CC1)C(=O)O. The molecular weight excluding hydrogens is 230 g/mol. The molecule has 4 heteroatoms. The summed E-state index contributed by atoms with van der Waals surface area (Å²) < 4.78 is 5.62. The Hall–Kier alpha value is -1.55. The molecule has 0 aliphatic heterocycles. The molecule has 1 aromatic carbocycles.